The van der Waals surface area contributed by atoms with Crippen molar-refractivity contribution in [1.82, 2.24) is 9.55 Å². The first-order valence-corrected chi connectivity index (χ1v) is 6.76. The highest BCUT2D eigenvalue weighted by Gasteiger charge is 2.14. The fraction of sp³-hybridized carbons (Fsp3) is 0.400. The van der Waals surface area contributed by atoms with E-state index in [0.29, 0.717) is 23.3 Å². The van der Waals surface area contributed by atoms with E-state index in [1.165, 1.54) is 4.57 Å². The van der Waals surface area contributed by atoms with Crippen molar-refractivity contribution < 1.29 is 14.6 Å². The van der Waals surface area contributed by atoms with E-state index in [0.717, 1.165) is 0 Å². The quantitative estimate of drug-likeness (QED) is 0.870. The highest BCUT2D eigenvalue weighted by atomic mass is 16.5. The Hall–Kier alpha value is -2.21. The number of carbonyl (C=O) groups is 1. The van der Waals surface area contributed by atoms with Crippen LogP contribution in [0.5, 0.6) is 0 Å². The lowest BCUT2D eigenvalue weighted by Crippen LogP contribution is -2.30. The summed E-state index contributed by atoms with van der Waals surface area (Å²) in [4.78, 5) is 27.8. The lowest BCUT2D eigenvalue weighted by Gasteiger charge is -2.16. The molecule has 0 radical (unpaired) electrons. The average Bonchev–Trinajstić information content (AvgIpc) is 2.48. The Balaban J connectivity index is 2.53. The van der Waals surface area contributed by atoms with Crippen LogP contribution >= 0.6 is 0 Å². The molecule has 0 aliphatic heterocycles. The molecule has 1 aromatic carbocycles. The van der Waals surface area contributed by atoms with Crippen LogP contribution in [0.25, 0.3) is 10.9 Å². The number of para-hydroxylation sites is 1. The second-order valence-electron chi connectivity index (χ2n) is 4.90. The molecule has 6 heteroatoms. The van der Waals surface area contributed by atoms with Gasteiger partial charge in [-0.05, 0) is 19.1 Å². The summed E-state index contributed by atoms with van der Waals surface area (Å²) >= 11 is 0. The summed E-state index contributed by atoms with van der Waals surface area (Å²) < 4.78 is 6.71. The number of hydrogen-bond acceptors (Lipinski definition) is 4. The van der Waals surface area contributed by atoms with Gasteiger partial charge in [-0.25, -0.2) is 4.98 Å². The molecule has 112 valence electrons. The molecule has 0 amide bonds. The Kier molecular flexibility index (Phi) is 4.70. The number of aromatic nitrogens is 2. The SMILES string of the molecule is COC(C)Cn1c(CCC(=O)O)nc2ccccc2c1=O. The summed E-state index contributed by atoms with van der Waals surface area (Å²) in [7, 11) is 1.57. The Morgan fingerprint density at radius 3 is 2.81 bits per heavy atom. The van der Waals surface area contributed by atoms with Crippen molar-refractivity contribution in [1.29, 1.82) is 0 Å². The van der Waals surface area contributed by atoms with Gasteiger partial charge in [-0.2, -0.15) is 0 Å². The van der Waals surface area contributed by atoms with E-state index in [9.17, 15) is 9.59 Å². The summed E-state index contributed by atoms with van der Waals surface area (Å²) in [6.45, 7) is 2.20. The zero-order valence-corrected chi connectivity index (χ0v) is 12.1. The highest BCUT2D eigenvalue weighted by Crippen LogP contribution is 2.10. The zero-order valence-electron chi connectivity index (χ0n) is 12.1. The Labute approximate surface area is 122 Å². The molecule has 1 aromatic heterocycles. The Bertz CT molecular complexity index is 708. The minimum absolute atomic E-state index is 0.0633. The van der Waals surface area contributed by atoms with Crippen LogP contribution < -0.4 is 5.56 Å². The number of carboxylic acid groups (broad SMARTS) is 1. The molecule has 2 rings (SSSR count). The average molecular weight is 290 g/mol. The molecule has 0 spiro atoms. The molecule has 1 heterocycles. The van der Waals surface area contributed by atoms with Crippen LogP contribution in [0.4, 0.5) is 0 Å². The molecule has 0 aliphatic carbocycles. The summed E-state index contributed by atoms with van der Waals surface area (Å²) in [6, 6.07) is 7.06. The van der Waals surface area contributed by atoms with Crippen molar-refractivity contribution in [3.63, 3.8) is 0 Å². The van der Waals surface area contributed by atoms with Crippen molar-refractivity contribution in [3.8, 4) is 0 Å². The topological polar surface area (TPSA) is 81.4 Å². The van der Waals surface area contributed by atoms with Crippen molar-refractivity contribution in [2.45, 2.75) is 32.4 Å². The standard InChI is InChI=1S/C15H18N2O4/c1-10(21-2)9-17-13(7-8-14(18)19)16-12-6-4-3-5-11(12)15(17)20/h3-6,10H,7-9H2,1-2H3,(H,18,19). The number of benzene rings is 1. The number of rotatable bonds is 6. The third-order valence-corrected chi connectivity index (χ3v) is 3.35. The third kappa shape index (κ3) is 3.46. The maximum Gasteiger partial charge on any atom is 0.303 e. The minimum atomic E-state index is -0.913. The molecule has 1 unspecified atom stereocenters. The van der Waals surface area contributed by atoms with Crippen molar-refractivity contribution >= 4 is 16.9 Å². The number of methoxy groups -OCH3 is 1. The number of fused-ring (bicyclic) bond motifs is 1. The van der Waals surface area contributed by atoms with Gasteiger partial charge in [0.15, 0.2) is 0 Å². The molecule has 2 aromatic rings. The van der Waals surface area contributed by atoms with Gasteiger partial charge in [0, 0.05) is 13.5 Å². The zero-order chi connectivity index (χ0) is 15.4. The number of aryl methyl sites for hydroxylation is 1. The van der Waals surface area contributed by atoms with Gasteiger partial charge in [0.2, 0.25) is 0 Å². The van der Waals surface area contributed by atoms with Gasteiger partial charge < -0.3 is 9.84 Å². The molecule has 0 saturated carbocycles. The summed E-state index contributed by atoms with van der Waals surface area (Å²) in [6.07, 6.45) is -0.00733. The number of aliphatic carboxylic acids is 1. The first-order valence-electron chi connectivity index (χ1n) is 6.76. The maximum absolute atomic E-state index is 12.6. The fourth-order valence-corrected chi connectivity index (χ4v) is 2.14. The Morgan fingerprint density at radius 1 is 1.43 bits per heavy atom. The van der Waals surface area contributed by atoms with E-state index >= 15 is 0 Å². The molecular formula is C15H18N2O4. The lowest BCUT2D eigenvalue weighted by atomic mass is 10.2. The Morgan fingerprint density at radius 2 is 2.14 bits per heavy atom. The van der Waals surface area contributed by atoms with E-state index in [4.69, 9.17) is 9.84 Å². The molecule has 0 aliphatic rings. The molecule has 0 bridgehead atoms. The normalized spacial score (nSPS) is 12.5. The molecule has 6 nitrogen and oxygen atoms in total. The number of nitrogens with zero attached hydrogens (tertiary/aromatic N) is 2. The summed E-state index contributed by atoms with van der Waals surface area (Å²) in [5, 5.41) is 9.36. The van der Waals surface area contributed by atoms with Crippen molar-refractivity contribution in [3.05, 3.63) is 40.4 Å². The van der Waals surface area contributed by atoms with Crippen LogP contribution in [-0.2, 0) is 22.5 Å². The van der Waals surface area contributed by atoms with Crippen LogP contribution in [0.3, 0.4) is 0 Å². The molecule has 0 saturated heterocycles. The largest absolute Gasteiger partial charge is 0.481 e. The monoisotopic (exact) mass is 290 g/mol. The van der Waals surface area contributed by atoms with E-state index in [1.54, 1.807) is 31.4 Å². The number of hydrogen-bond donors (Lipinski definition) is 1. The fourth-order valence-electron chi connectivity index (χ4n) is 2.14. The third-order valence-electron chi connectivity index (χ3n) is 3.35. The van der Waals surface area contributed by atoms with Crippen LogP contribution in [0.1, 0.15) is 19.2 Å². The number of carboxylic acids is 1. The second-order valence-corrected chi connectivity index (χ2v) is 4.90. The molecule has 1 N–H and O–H groups in total. The summed E-state index contributed by atoms with van der Waals surface area (Å²) in [5.41, 5.74) is 0.425. The smallest absolute Gasteiger partial charge is 0.303 e. The first-order chi connectivity index (χ1) is 10.0. The van der Waals surface area contributed by atoms with Crippen LogP contribution in [0.2, 0.25) is 0 Å². The molecular weight excluding hydrogens is 272 g/mol. The van der Waals surface area contributed by atoms with E-state index < -0.39 is 5.97 Å². The summed E-state index contributed by atoms with van der Waals surface area (Å²) in [5.74, 6) is -0.436. The van der Waals surface area contributed by atoms with Crippen molar-refractivity contribution in [2.24, 2.45) is 0 Å². The van der Waals surface area contributed by atoms with Gasteiger partial charge >= 0.3 is 5.97 Å². The molecule has 21 heavy (non-hydrogen) atoms. The van der Waals surface area contributed by atoms with E-state index in [2.05, 4.69) is 4.98 Å². The minimum Gasteiger partial charge on any atom is -0.481 e. The van der Waals surface area contributed by atoms with E-state index in [1.807, 2.05) is 6.92 Å². The molecule has 1 atom stereocenters. The lowest BCUT2D eigenvalue weighted by molar-refractivity contribution is -0.137. The van der Waals surface area contributed by atoms with Gasteiger partial charge in [-0.3, -0.25) is 14.2 Å². The second kappa shape index (κ2) is 6.49. The van der Waals surface area contributed by atoms with Gasteiger partial charge in [-0.15, -0.1) is 0 Å². The van der Waals surface area contributed by atoms with Gasteiger partial charge in [-0.1, -0.05) is 12.1 Å². The number of ether oxygens (including phenoxy) is 1. The first kappa shape index (κ1) is 15.2. The van der Waals surface area contributed by atoms with Gasteiger partial charge in [0.05, 0.1) is 30.0 Å². The van der Waals surface area contributed by atoms with Crippen molar-refractivity contribution in [2.75, 3.05) is 7.11 Å². The van der Waals surface area contributed by atoms with Crippen LogP contribution in [0, 0.1) is 0 Å². The van der Waals surface area contributed by atoms with Gasteiger partial charge in [0.25, 0.3) is 5.56 Å². The maximum atomic E-state index is 12.6. The highest BCUT2D eigenvalue weighted by molar-refractivity contribution is 5.77. The predicted molar refractivity (Wildman–Crippen MR) is 78.4 cm³/mol. The molecule has 0 fully saturated rings. The van der Waals surface area contributed by atoms with E-state index in [-0.39, 0.29) is 24.5 Å². The van der Waals surface area contributed by atoms with Gasteiger partial charge in [0.1, 0.15) is 5.82 Å². The van der Waals surface area contributed by atoms with Crippen LogP contribution in [0.15, 0.2) is 29.1 Å². The predicted octanol–water partition coefficient (Wildman–Crippen LogP) is 1.45. The van der Waals surface area contributed by atoms with Crippen LogP contribution in [-0.4, -0.2) is 33.8 Å².